The molecule has 0 spiro atoms. The molecule has 2 fully saturated rings. The molecule has 0 N–H and O–H groups in total. The molecule has 0 bridgehead atoms. The molecule has 24 heavy (non-hydrogen) atoms. The van der Waals surface area contributed by atoms with Crippen molar-refractivity contribution in [2.24, 2.45) is 0 Å². The largest absolute Gasteiger partial charge is 0.388 e. The molecule has 2 atom stereocenters. The highest BCUT2D eigenvalue weighted by Crippen LogP contribution is 2.51. The third-order valence-electron chi connectivity index (χ3n) is 5.42. The Bertz CT molecular complexity index is 641. The molecule has 2 aliphatic heterocycles. The van der Waals surface area contributed by atoms with Crippen LogP contribution in [-0.4, -0.2) is 33.3 Å². The Labute approximate surface area is 151 Å². The Morgan fingerprint density at radius 1 is 1.29 bits per heavy atom. The standard InChI is InChI=1S/C17H24BrF2NO2Si/c1-16(2,3)24(4,5)23-17-6-7-21(10-14(17)22-17)15-12(19)8-11(18)9-13(15)20/h8-9,14H,6-7,10H2,1-5H3. The van der Waals surface area contributed by atoms with Gasteiger partial charge in [0, 0.05) is 24.0 Å². The average Bonchev–Trinajstić information content (AvgIpc) is 3.08. The zero-order valence-corrected chi connectivity index (χ0v) is 17.3. The number of hydrogen-bond acceptors (Lipinski definition) is 3. The van der Waals surface area contributed by atoms with Crippen LogP contribution in [-0.2, 0) is 9.16 Å². The van der Waals surface area contributed by atoms with E-state index in [0.29, 0.717) is 24.0 Å². The molecule has 3 nitrogen and oxygen atoms in total. The Morgan fingerprint density at radius 3 is 2.38 bits per heavy atom. The topological polar surface area (TPSA) is 25.0 Å². The summed E-state index contributed by atoms with van der Waals surface area (Å²) in [6, 6.07) is 2.58. The van der Waals surface area contributed by atoms with Crippen LogP contribution in [0.5, 0.6) is 0 Å². The molecule has 3 rings (SSSR count). The number of piperidine rings is 1. The van der Waals surface area contributed by atoms with Crippen LogP contribution in [0.2, 0.25) is 18.1 Å². The summed E-state index contributed by atoms with van der Waals surface area (Å²) in [7, 11) is -1.95. The maximum Gasteiger partial charge on any atom is 0.195 e. The number of anilines is 1. The van der Waals surface area contributed by atoms with Crippen LogP contribution < -0.4 is 4.90 Å². The number of ether oxygens (including phenoxy) is 1. The number of hydrogen-bond donors (Lipinski definition) is 0. The van der Waals surface area contributed by atoms with E-state index in [1.54, 1.807) is 4.90 Å². The van der Waals surface area contributed by atoms with Crippen molar-refractivity contribution < 1.29 is 17.9 Å². The van der Waals surface area contributed by atoms with Gasteiger partial charge in [0.1, 0.15) is 11.8 Å². The molecule has 2 aliphatic rings. The van der Waals surface area contributed by atoms with E-state index in [1.807, 2.05) is 0 Å². The zero-order chi connectivity index (χ0) is 17.9. The fourth-order valence-electron chi connectivity index (χ4n) is 2.95. The van der Waals surface area contributed by atoms with Crippen molar-refractivity contribution in [1.82, 2.24) is 0 Å². The van der Waals surface area contributed by atoms with Crippen molar-refractivity contribution in [3.05, 3.63) is 28.2 Å². The summed E-state index contributed by atoms with van der Waals surface area (Å²) in [4.78, 5) is 1.72. The van der Waals surface area contributed by atoms with Crippen LogP contribution in [0.3, 0.4) is 0 Å². The van der Waals surface area contributed by atoms with E-state index in [4.69, 9.17) is 9.16 Å². The first-order valence-electron chi connectivity index (χ1n) is 8.23. The molecular formula is C17H24BrF2NO2Si. The summed E-state index contributed by atoms with van der Waals surface area (Å²) in [5.74, 6) is -1.66. The van der Waals surface area contributed by atoms with Gasteiger partial charge in [-0.25, -0.2) is 8.78 Å². The van der Waals surface area contributed by atoms with E-state index in [9.17, 15) is 8.78 Å². The lowest BCUT2D eigenvalue weighted by molar-refractivity contribution is 0.0410. The number of rotatable bonds is 3. The second-order valence-electron chi connectivity index (χ2n) is 8.19. The Hall–Kier alpha value is -0.503. The highest BCUT2D eigenvalue weighted by Gasteiger charge is 2.63. The Morgan fingerprint density at radius 2 is 1.88 bits per heavy atom. The van der Waals surface area contributed by atoms with Gasteiger partial charge in [-0.3, -0.25) is 0 Å². The van der Waals surface area contributed by atoms with Crippen molar-refractivity contribution in [3.63, 3.8) is 0 Å². The van der Waals surface area contributed by atoms with E-state index in [1.165, 1.54) is 12.1 Å². The smallest absolute Gasteiger partial charge is 0.195 e. The predicted molar refractivity (Wildman–Crippen MR) is 96.8 cm³/mol. The van der Waals surface area contributed by atoms with E-state index in [-0.39, 0.29) is 16.8 Å². The van der Waals surface area contributed by atoms with Crippen LogP contribution in [0.4, 0.5) is 14.5 Å². The maximum absolute atomic E-state index is 14.2. The molecule has 0 amide bonds. The first-order valence-corrected chi connectivity index (χ1v) is 11.9. The quantitative estimate of drug-likeness (QED) is 0.505. The molecule has 0 aliphatic carbocycles. The van der Waals surface area contributed by atoms with Crippen molar-refractivity contribution in [3.8, 4) is 0 Å². The van der Waals surface area contributed by atoms with Gasteiger partial charge in [-0.05, 0) is 30.3 Å². The summed E-state index contributed by atoms with van der Waals surface area (Å²) in [5, 5.41) is 0.0965. The number of epoxide rings is 1. The molecule has 134 valence electrons. The number of benzene rings is 1. The predicted octanol–water partition coefficient (Wildman–Crippen LogP) is 5.05. The molecule has 0 aromatic heterocycles. The minimum atomic E-state index is -1.95. The summed E-state index contributed by atoms with van der Waals surface area (Å²) < 4.78 is 41.1. The van der Waals surface area contributed by atoms with Gasteiger partial charge in [0.05, 0.1) is 0 Å². The molecule has 1 aromatic carbocycles. The number of nitrogens with zero attached hydrogens (tertiary/aromatic N) is 1. The fraction of sp³-hybridized carbons (Fsp3) is 0.647. The molecule has 2 heterocycles. The van der Waals surface area contributed by atoms with Crippen LogP contribution >= 0.6 is 15.9 Å². The van der Waals surface area contributed by atoms with Crippen LogP contribution in [0, 0.1) is 11.6 Å². The van der Waals surface area contributed by atoms with E-state index >= 15 is 0 Å². The monoisotopic (exact) mass is 419 g/mol. The second-order valence-corrected chi connectivity index (χ2v) is 13.8. The van der Waals surface area contributed by atoms with Gasteiger partial charge in [-0.2, -0.15) is 0 Å². The van der Waals surface area contributed by atoms with Gasteiger partial charge < -0.3 is 14.1 Å². The molecular weight excluding hydrogens is 396 g/mol. The Kier molecular flexibility index (Phi) is 4.39. The summed E-state index contributed by atoms with van der Waals surface area (Å²) >= 11 is 3.11. The molecule has 2 unspecified atom stereocenters. The summed E-state index contributed by atoms with van der Waals surface area (Å²) in [6.07, 6.45) is 0.502. The van der Waals surface area contributed by atoms with Crippen molar-refractivity contribution in [2.45, 2.75) is 57.2 Å². The van der Waals surface area contributed by atoms with Crippen LogP contribution in [0.1, 0.15) is 27.2 Å². The molecule has 7 heteroatoms. The zero-order valence-electron chi connectivity index (χ0n) is 14.8. The van der Waals surface area contributed by atoms with Crippen LogP contribution in [0.15, 0.2) is 16.6 Å². The Balaban J connectivity index is 1.74. The van der Waals surface area contributed by atoms with Crippen molar-refractivity contribution >= 4 is 29.9 Å². The minimum Gasteiger partial charge on any atom is -0.388 e. The van der Waals surface area contributed by atoms with Gasteiger partial charge in [-0.15, -0.1) is 0 Å². The maximum atomic E-state index is 14.2. The molecule has 1 aromatic rings. The lowest BCUT2D eigenvalue weighted by Gasteiger charge is -2.40. The number of fused-ring (bicyclic) bond motifs is 1. The van der Waals surface area contributed by atoms with E-state index in [0.717, 1.165) is 0 Å². The first kappa shape index (κ1) is 18.3. The lowest BCUT2D eigenvalue weighted by atomic mass is 10.1. The SMILES string of the molecule is CC(C)(C)[Si](C)(C)OC12CCN(c3c(F)cc(Br)cc3F)CC1O2. The van der Waals surface area contributed by atoms with Gasteiger partial charge in [0.15, 0.2) is 25.7 Å². The van der Waals surface area contributed by atoms with Crippen LogP contribution in [0.25, 0.3) is 0 Å². The normalized spacial score (nSPS) is 27.2. The minimum absolute atomic E-state index is 0.0228. The molecule has 2 saturated heterocycles. The number of halogens is 3. The summed E-state index contributed by atoms with van der Waals surface area (Å²) in [5.41, 5.74) is 0.0228. The summed E-state index contributed by atoms with van der Waals surface area (Å²) in [6.45, 7) is 11.9. The average molecular weight is 420 g/mol. The molecule has 0 saturated carbocycles. The lowest BCUT2D eigenvalue weighted by Crippen LogP contribution is -2.50. The highest BCUT2D eigenvalue weighted by molar-refractivity contribution is 9.10. The van der Waals surface area contributed by atoms with Crippen molar-refractivity contribution in [2.75, 3.05) is 18.0 Å². The van der Waals surface area contributed by atoms with E-state index in [2.05, 4.69) is 49.8 Å². The third kappa shape index (κ3) is 3.16. The first-order chi connectivity index (χ1) is 11.0. The second kappa shape index (κ2) is 5.76. The van der Waals surface area contributed by atoms with Gasteiger partial charge in [0.25, 0.3) is 0 Å². The third-order valence-corrected chi connectivity index (χ3v) is 10.3. The van der Waals surface area contributed by atoms with Gasteiger partial charge in [0.2, 0.25) is 0 Å². The fourth-order valence-corrected chi connectivity index (χ4v) is 4.80. The van der Waals surface area contributed by atoms with Gasteiger partial charge >= 0.3 is 0 Å². The molecule has 0 radical (unpaired) electrons. The highest BCUT2D eigenvalue weighted by atomic mass is 79.9. The van der Waals surface area contributed by atoms with E-state index < -0.39 is 25.7 Å². The van der Waals surface area contributed by atoms with Gasteiger partial charge in [-0.1, -0.05) is 36.7 Å². The van der Waals surface area contributed by atoms with Crippen molar-refractivity contribution in [1.29, 1.82) is 0 Å².